The van der Waals surface area contributed by atoms with E-state index < -0.39 is 11.9 Å². The number of rotatable bonds is 7. The number of aliphatic carboxylic acids is 2. The van der Waals surface area contributed by atoms with Crippen molar-refractivity contribution in [2.45, 2.75) is 57.8 Å². The van der Waals surface area contributed by atoms with Crippen LogP contribution in [0, 0.1) is 11.8 Å². The summed E-state index contributed by atoms with van der Waals surface area (Å²) in [7, 11) is 0. The molecule has 17 heavy (non-hydrogen) atoms. The number of hydrogen-bond acceptors (Lipinski definition) is 2. The Kier molecular flexibility index (Phi) is 6.01. The largest absolute Gasteiger partial charge is 0.481 e. The molecule has 0 aromatic rings. The molecule has 0 unspecified atom stereocenters. The molecule has 1 aliphatic rings. The van der Waals surface area contributed by atoms with Gasteiger partial charge in [-0.05, 0) is 24.7 Å². The Morgan fingerprint density at radius 3 is 1.82 bits per heavy atom. The summed E-state index contributed by atoms with van der Waals surface area (Å²) in [5.74, 6) is -0.729. The van der Waals surface area contributed by atoms with Crippen molar-refractivity contribution < 1.29 is 19.8 Å². The second-order valence-corrected chi connectivity index (χ2v) is 5.02. The van der Waals surface area contributed by atoms with E-state index in [4.69, 9.17) is 10.2 Å². The first-order chi connectivity index (χ1) is 8.09. The predicted octanol–water partition coefficient (Wildman–Crippen LogP) is 2.91. The Morgan fingerprint density at radius 2 is 1.41 bits per heavy atom. The smallest absolute Gasteiger partial charge is 0.303 e. The van der Waals surface area contributed by atoms with Crippen molar-refractivity contribution in [1.29, 1.82) is 0 Å². The van der Waals surface area contributed by atoms with E-state index in [2.05, 4.69) is 0 Å². The summed E-state index contributed by atoms with van der Waals surface area (Å²) in [6, 6.07) is 0. The van der Waals surface area contributed by atoms with Crippen LogP contribution in [-0.4, -0.2) is 22.2 Å². The maximum Gasteiger partial charge on any atom is 0.303 e. The third-order valence-electron chi connectivity index (χ3n) is 3.77. The fourth-order valence-electron chi connectivity index (χ4n) is 2.84. The summed E-state index contributed by atoms with van der Waals surface area (Å²) in [4.78, 5) is 21.2. The monoisotopic (exact) mass is 242 g/mol. The van der Waals surface area contributed by atoms with E-state index in [-0.39, 0.29) is 18.8 Å². The highest BCUT2D eigenvalue weighted by Gasteiger charge is 2.24. The summed E-state index contributed by atoms with van der Waals surface area (Å²) in [5.41, 5.74) is 0. The minimum absolute atomic E-state index is 0.167. The van der Waals surface area contributed by atoms with Crippen LogP contribution in [0.1, 0.15) is 57.8 Å². The molecular weight excluding hydrogens is 220 g/mol. The average Bonchev–Trinajstić information content (AvgIpc) is 2.29. The summed E-state index contributed by atoms with van der Waals surface area (Å²) < 4.78 is 0. The topological polar surface area (TPSA) is 74.6 Å². The van der Waals surface area contributed by atoms with Gasteiger partial charge in [0.15, 0.2) is 0 Å². The first-order valence-corrected chi connectivity index (χ1v) is 6.53. The molecule has 1 rings (SSSR count). The Bertz CT molecular complexity index is 238. The zero-order valence-electron chi connectivity index (χ0n) is 10.2. The van der Waals surface area contributed by atoms with Crippen LogP contribution in [0.2, 0.25) is 0 Å². The van der Waals surface area contributed by atoms with Crippen LogP contribution in [0.5, 0.6) is 0 Å². The molecule has 0 heterocycles. The molecule has 0 aromatic carbocycles. The molecule has 0 spiro atoms. The van der Waals surface area contributed by atoms with Crippen LogP contribution < -0.4 is 0 Å². The lowest BCUT2D eigenvalue weighted by Gasteiger charge is -2.29. The highest BCUT2D eigenvalue weighted by molar-refractivity contribution is 5.67. The molecule has 0 bridgehead atoms. The van der Waals surface area contributed by atoms with Crippen molar-refractivity contribution in [2.24, 2.45) is 11.8 Å². The van der Waals surface area contributed by atoms with Gasteiger partial charge in [0, 0.05) is 12.8 Å². The number of carbonyl (C=O) groups is 2. The van der Waals surface area contributed by atoms with Gasteiger partial charge < -0.3 is 10.2 Å². The SMILES string of the molecule is O=C(O)CCC(CCC(=O)O)C1CCCCC1. The van der Waals surface area contributed by atoms with Crippen LogP contribution in [0.25, 0.3) is 0 Å². The van der Waals surface area contributed by atoms with Gasteiger partial charge in [0.25, 0.3) is 0 Å². The fraction of sp³-hybridized carbons (Fsp3) is 0.846. The number of carboxylic acid groups (broad SMARTS) is 2. The molecule has 0 radical (unpaired) electrons. The highest BCUT2D eigenvalue weighted by atomic mass is 16.4. The quantitative estimate of drug-likeness (QED) is 0.719. The molecule has 0 aromatic heterocycles. The first-order valence-electron chi connectivity index (χ1n) is 6.53. The number of carboxylic acids is 2. The summed E-state index contributed by atoms with van der Waals surface area (Å²) in [5, 5.41) is 17.4. The third kappa shape index (κ3) is 5.71. The summed E-state index contributed by atoms with van der Waals surface area (Å²) in [6.07, 6.45) is 7.57. The van der Waals surface area contributed by atoms with Gasteiger partial charge in [0.05, 0.1) is 0 Å². The zero-order valence-corrected chi connectivity index (χ0v) is 10.2. The average molecular weight is 242 g/mol. The second kappa shape index (κ2) is 7.30. The van der Waals surface area contributed by atoms with Crippen molar-refractivity contribution in [3.05, 3.63) is 0 Å². The van der Waals surface area contributed by atoms with Crippen molar-refractivity contribution in [3.63, 3.8) is 0 Å². The van der Waals surface area contributed by atoms with Gasteiger partial charge in [-0.3, -0.25) is 9.59 Å². The van der Waals surface area contributed by atoms with Gasteiger partial charge >= 0.3 is 11.9 Å². The normalized spacial score (nSPS) is 17.2. The van der Waals surface area contributed by atoms with Gasteiger partial charge in [-0.2, -0.15) is 0 Å². The highest BCUT2D eigenvalue weighted by Crippen LogP contribution is 2.34. The molecule has 2 N–H and O–H groups in total. The van der Waals surface area contributed by atoms with Crippen LogP contribution >= 0.6 is 0 Å². The minimum atomic E-state index is -0.777. The van der Waals surface area contributed by atoms with Crippen LogP contribution in [0.15, 0.2) is 0 Å². The summed E-state index contributed by atoms with van der Waals surface area (Å²) >= 11 is 0. The first kappa shape index (κ1) is 14.0. The number of hydrogen-bond donors (Lipinski definition) is 2. The lowest BCUT2D eigenvalue weighted by Crippen LogP contribution is -2.20. The Morgan fingerprint density at radius 1 is 0.941 bits per heavy atom. The van der Waals surface area contributed by atoms with Gasteiger partial charge in [0.2, 0.25) is 0 Å². The molecule has 0 amide bonds. The van der Waals surface area contributed by atoms with Crippen molar-refractivity contribution >= 4 is 11.9 Å². The minimum Gasteiger partial charge on any atom is -0.481 e. The molecule has 0 saturated heterocycles. The van der Waals surface area contributed by atoms with E-state index in [1.807, 2.05) is 0 Å². The van der Waals surface area contributed by atoms with E-state index in [1.54, 1.807) is 0 Å². The molecular formula is C13H22O4. The van der Waals surface area contributed by atoms with Crippen molar-refractivity contribution in [1.82, 2.24) is 0 Å². The molecule has 1 aliphatic carbocycles. The molecule has 0 atom stereocenters. The molecule has 98 valence electrons. The van der Waals surface area contributed by atoms with Gasteiger partial charge in [-0.15, -0.1) is 0 Å². The standard InChI is InChI=1S/C13H22O4/c14-12(15)8-6-11(7-9-13(16)17)10-4-2-1-3-5-10/h10-11H,1-9H2,(H,14,15)(H,16,17). The molecule has 0 aliphatic heterocycles. The van der Waals surface area contributed by atoms with E-state index >= 15 is 0 Å². The Balaban J connectivity index is 2.43. The van der Waals surface area contributed by atoms with Crippen LogP contribution in [0.3, 0.4) is 0 Å². The molecule has 1 fully saturated rings. The van der Waals surface area contributed by atoms with E-state index in [9.17, 15) is 9.59 Å². The Labute approximate surface area is 102 Å². The van der Waals surface area contributed by atoms with Crippen LogP contribution in [0.4, 0.5) is 0 Å². The van der Waals surface area contributed by atoms with Gasteiger partial charge in [-0.1, -0.05) is 32.1 Å². The molecule has 4 heteroatoms. The lowest BCUT2D eigenvalue weighted by molar-refractivity contribution is -0.137. The molecule has 4 nitrogen and oxygen atoms in total. The van der Waals surface area contributed by atoms with Crippen molar-refractivity contribution in [2.75, 3.05) is 0 Å². The van der Waals surface area contributed by atoms with E-state index in [1.165, 1.54) is 19.3 Å². The maximum absolute atomic E-state index is 10.6. The maximum atomic E-state index is 10.6. The third-order valence-corrected chi connectivity index (χ3v) is 3.77. The summed E-state index contributed by atoms with van der Waals surface area (Å²) in [6.45, 7) is 0. The fourth-order valence-corrected chi connectivity index (χ4v) is 2.84. The van der Waals surface area contributed by atoms with Crippen molar-refractivity contribution in [3.8, 4) is 0 Å². The van der Waals surface area contributed by atoms with Crippen LogP contribution in [-0.2, 0) is 9.59 Å². The van der Waals surface area contributed by atoms with Gasteiger partial charge in [-0.25, -0.2) is 0 Å². The van der Waals surface area contributed by atoms with Gasteiger partial charge in [0.1, 0.15) is 0 Å². The molecule has 1 saturated carbocycles. The lowest BCUT2D eigenvalue weighted by atomic mass is 9.76. The van der Waals surface area contributed by atoms with E-state index in [0.717, 1.165) is 12.8 Å². The second-order valence-electron chi connectivity index (χ2n) is 5.02. The zero-order chi connectivity index (χ0) is 12.7. The van der Waals surface area contributed by atoms with E-state index in [0.29, 0.717) is 18.8 Å². The predicted molar refractivity (Wildman–Crippen MR) is 63.8 cm³/mol. The Hall–Kier alpha value is -1.06.